The molecule has 0 bridgehead atoms. The highest BCUT2D eigenvalue weighted by Crippen LogP contribution is 2.07. The quantitative estimate of drug-likeness (QED) is 0.422. The molecule has 0 aliphatic heterocycles. The molecule has 76 valence electrons. The molecule has 0 unspecified atom stereocenters. The Morgan fingerprint density at radius 1 is 1.21 bits per heavy atom. The fraction of sp³-hybridized carbons (Fsp3) is 0.364. The van der Waals surface area contributed by atoms with Gasteiger partial charge in [0.1, 0.15) is 5.82 Å². The van der Waals surface area contributed by atoms with E-state index in [1.807, 2.05) is 0 Å². The average Bonchev–Trinajstić information content (AvgIpc) is 2.15. The van der Waals surface area contributed by atoms with Gasteiger partial charge in [-0.3, -0.25) is 5.41 Å². The van der Waals surface area contributed by atoms with Crippen LogP contribution in [0, 0.1) is 11.2 Å². The second-order valence-electron chi connectivity index (χ2n) is 3.36. The van der Waals surface area contributed by atoms with Crippen molar-refractivity contribution >= 4 is 5.84 Å². The van der Waals surface area contributed by atoms with Gasteiger partial charge in [0.05, 0.1) is 5.84 Å². The number of benzene rings is 1. The van der Waals surface area contributed by atoms with Gasteiger partial charge >= 0.3 is 0 Å². The SMILES string of the molecule is N=C(N)CCCCc1ccc(F)cc1. The normalized spacial score (nSPS) is 10.1. The molecule has 0 fully saturated rings. The Balaban J connectivity index is 2.25. The summed E-state index contributed by atoms with van der Waals surface area (Å²) in [5.41, 5.74) is 6.36. The van der Waals surface area contributed by atoms with Gasteiger partial charge in [-0.25, -0.2) is 4.39 Å². The fourth-order valence-electron chi connectivity index (χ4n) is 1.30. The third-order valence-electron chi connectivity index (χ3n) is 2.07. The van der Waals surface area contributed by atoms with Crippen LogP contribution in [0.4, 0.5) is 4.39 Å². The van der Waals surface area contributed by atoms with Crippen molar-refractivity contribution in [2.45, 2.75) is 25.7 Å². The van der Waals surface area contributed by atoms with Crippen LogP contribution in [0.2, 0.25) is 0 Å². The van der Waals surface area contributed by atoms with Gasteiger partial charge in [-0.15, -0.1) is 0 Å². The van der Waals surface area contributed by atoms with Crippen LogP contribution >= 0.6 is 0 Å². The predicted octanol–water partition coefficient (Wildman–Crippen LogP) is 2.47. The first-order valence-corrected chi connectivity index (χ1v) is 4.76. The highest BCUT2D eigenvalue weighted by molar-refractivity contribution is 5.76. The van der Waals surface area contributed by atoms with Gasteiger partial charge < -0.3 is 5.73 Å². The molecular weight excluding hydrogens is 179 g/mol. The largest absolute Gasteiger partial charge is 0.388 e. The molecular formula is C11H15FN2. The number of hydrogen-bond donors (Lipinski definition) is 2. The van der Waals surface area contributed by atoms with Crippen LogP contribution in [0.3, 0.4) is 0 Å². The summed E-state index contributed by atoms with van der Waals surface area (Å²) >= 11 is 0. The molecule has 0 radical (unpaired) electrons. The summed E-state index contributed by atoms with van der Waals surface area (Å²) in [7, 11) is 0. The van der Waals surface area contributed by atoms with E-state index in [2.05, 4.69) is 0 Å². The third-order valence-corrected chi connectivity index (χ3v) is 2.07. The molecule has 0 atom stereocenters. The summed E-state index contributed by atoms with van der Waals surface area (Å²) in [5, 5.41) is 7.03. The number of unbranched alkanes of at least 4 members (excludes halogenated alkanes) is 1. The Morgan fingerprint density at radius 2 is 1.86 bits per heavy atom. The summed E-state index contributed by atoms with van der Waals surface area (Å²) < 4.78 is 12.5. The van der Waals surface area contributed by atoms with E-state index < -0.39 is 0 Å². The van der Waals surface area contributed by atoms with Crippen molar-refractivity contribution in [2.75, 3.05) is 0 Å². The van der Waals surface area contributed by atoms with Gasteiger partial charge in [0.2, 0.25) is 0 Å². The molecule has 14 heavy (non-hydrogen) atoms. The molecule has 0 aliphatic rings. The lowest BCUT2D eigenvalue weighted by Crippen LogP contribution is -2.08. The Morgan fingerprint density at radius 3 is 2.43 bits per heavy atom. The van der Waals surface area contributed by atoms with Gasteiger partial charge in [0, 0.05) is 6.42 Å². The van der Waals surface area contributed by atoms with E-state index in [0.29, 0.717) is 6.42 Å². The number of rotatable bonds is 5. The lowest BCUT2D eigenvalue weighted by Gasteiger charge is -2.00. The summed E-state index contributed by atoms with van der Waals surface area (Å²) in [5.74, 6) is 0.0431. The Bertz CT molecular complexity index is 293. The van der Waals surface area contributed by atoms with Crippen LogP contribution in [0.5, 0.6) is 0 Å². The predicted molar refractivity (Wildman–Crippen MR) is 55.9 cm³/mol. The summed E-state index contributed by atoms with van der Waals surface area (Å²) in [4.78, 5) is 0. The van der Waals surface area contributed by atoms with E-state index in [1.165, 1.54) is 12.1 Å². The molecule has 0 saturated heterocycles. The number of hydrogen-bond acceptors (Lipinski definition) is 1. The van der Waals surface area contributed by atoms with E-state index >= 15 is 0 Å². The third kappa shape index (κ3) is 4.03. The smallest absolute Gasteiger partial charge is 0.123 e. The number of nitrogens with two attached hydrogens (primary N) is 1. The molecule has 0 amide bonds. The lowest BCUT2D eigenvalue weighted by molar-refractivity contribution is 0.626. The highest BCUT2D eigenvalue weighted by atomic mass is 19.1. The van der Waals surface area contributed by atoms with Crippen molar-refractivity contribution < 1.29 is 4.39 Å². The zero-order valence-electron chi connectivity index (χ0n) is 8.09. The molecule has 0 aromatic heterocycles. The minimum atomic E-state index is -0.197. The maximum atomic E-state index is 12.5. The van der Waals surface area contributed by atoms with Crippen LogP contribution < -0.4 is 5.73 Å². The van der Waals surface area contributed by atoms with Gasteiger partial charge in [-0.1, -0.05) is 12.1 Å². The number of aryl methyl sites for hydroxylation is 1. The monoisotopic (exact) mass is 194 g/mol. The standard InChI is InChI=1S/C11H15FN2/c12-10-7-5-9(6-8-10)3-1-2-4-11(13)14/h5-8H,1-4H2,(H3,13,14). The van der Waals surface area contributed by atoms with Gasteiger partial charge in [0.25, 0.3) is 0 Å². The maximum Gasteiger partial charge on any atom is 0.123 e. The van der Waals surface area contributed by atoms with Crippen molar-refractivity contribution in [3.63, 3.8) is 0 Å². The van der Waals surface area contributed by atoms with Crippen molar-refractivity contribution in [1.82, 2.24) is 0 Å². The highest BCUT2D eigenvalue weighted by Gasteiger charge is 1.95. The first kappa shape index (κ1) is 10.7. The summed E-state index contributed by atoms with van der Waals surface area (Å²) in [6.07, 6.45) is 3.49. The van der Waals surface area contributed by atoms with Crippen molar-refractivity contribution in [2.24, 2.45) is 5.73 Å². The van der Waals surface area contributed by atoms with Crippen LogP contribution in [-0.2, 0) is 6.42 Å². The molecule has 0 saturated carbocycles. The minimum absolute atomic E-state index is 0.197. The number of halogens is 1. The van der Waals surface area contributed by atoms with Crippen molar-refractivity contribution in [1.29, 1.82) is 5.41 Å². The Labute approximate surface area is 83.4 Å². The second-order valence-corrected chi connectivity index (χ2v) is 3.36. The van der Waals surface area contributed by atoms with Crippen LogP contribution in [0.25, 0.3) is 0 Å². The molecule has 0 heterocycles. The minimum Gasteiger partial charge on any atom is -0.388 e. The van der Waals surface area contributed by atoms with E-state index in [-0.39, 0.29) is 11.7 Å². The first-order chi connectivity index (χ1) is 6.68. The molecule has 1 aromatic carbocycles. The van der Waals surface area contributed by atoms with Crippen molar-refractivity contribution in [3.05, 3.63) is 35.6 Å². The molecule has 1 rings (SSSR count). The zero-order valence-corrected chi connectivity index (χ0v) is 8.09. The van der Waals surface area contributed by atoms with Gasteiger partial charge in [0.15, 0.2) is 0 Å². The van der Waals surface area contributed by atoms with E-state index in [0.717, 1.165) is 24.8 Å². The Hall–Kier alpha value is -1.38. The number of amidine groups is 1. The molecule has 2 nitrogen and oxygen atoms in total. The molecule has 3 N–H and O–H groups in total. The molecule has 0 aliphatic carbocycles. The Kier molecular flexibility index (Phi) is 4.11. The molecule has 0 spiro atoms. The zero-order chi connectivity index (χ0) is 10.4. The lowest BCUT2D eigenvalue weighted by atomic mass is 10.1. The van der Waals surface area contributed by atoms with Crippen LogP contribution in [0.1, 0.15) is 24.8 Å². The first-order valence-electron chi connectivity index (χ1n) is 4.76. The van der Waals surface area contributed by atoms with Crippen molar-refractivity contribution in [3.8, 4) is 0 Å². The van der Waals surface area contributed by atoms with E-state index in [4.69, 9.17) is 11.1 Å². The van der Waals surface area contributed by atoms with Gasteiger partial charge in [-0.05, 0) is 37.0 Å². The van der Waals surface area contributed by atoms with Crippen LogP contribution in [-0.4, -0.2) is 5.84 Å². The van der Waals surface area contributed by atoms with E-state index in [9.17, 15) is 4.39 Å². The summed E-state index contributed by atoms with van der Waals surface area (Å²) in [6, 6.07) is 6.53. The molecule has 3 heteroatoms. The average molecular weight is 194 g/mol. The molecule has 1 aromatic rings. The number of nitrogens with one attached hydrogen (secondary N) is 1. The fourth-order valence-corrected chi connectivity index (χ4v) is 1.30. The summed E-state index contributed by atoms with van der Waals surface area (Å²) in [6.45, 7) is 0. The maximum absolute atomic E-state index is 12.5. The van der Waals surface area contributed by atoms with E-state index in [1.54, 1.807) is 12.1 Å². The topological polar surface area (TPSA) is 49.9 Å². The second kappa shape index (κ2) is 5.37. The van der Waals surface area contributed by atoms with Gasteiger partial charge in [-0.2, -0.15) is 0 Å². The van der Waals surface area contributed by atoms with Crippen LogP contribution in [0.15, 0.2) is 24.3 Å².